The molecule has 0 saturated heterocycles. The van der Waals surface area contributed by atoms with E-state index >= 15 is 0 Å². The van der Waals surface area contributed by atoms with Crippen LogP contribution in [0.3, 0.4) is 0 Å². The summed E-state index contributed by atoms with van der Waals surface area (Å²) in [7, 11) is 0. The molecule has 1 atom stereocenters. The number of nitrogens with one attached hydrogen (secondary N) is 1. The smallest absolute Gasteiger partial charge is 0.344 e. The van der Waals surface area contributed by atoms with E-state index in [4.69, 9.17) is 14.7 Å². The number of nitriles is 1. The van der Waals surface area contributed by atoms with Gasteiger partial charge in [-0.15, -0.1) is 0 Å². The fraction of sp³-hybridized carbons (Fsp3) is 0.318. The Morgan fingerprint density at radius 3 is 2.36 bits per heavy atom. The number of carbonyl (C=O) groups is 2. The number of para-hydroxylation sites is 1. The van der Waals surface area contributed by atoms with Gasteiger partial charge in [-0.05, 0) is 42.2 Å². The normalized spacial score (nSPS) is 11.8. The summed E-state index contributed by atoms with van der Waals surface area (Å²) in [5.41, 5.74) is 1.89. The molecule has 0 unspecified atom stereocenters. The molecule has 1 N–H and O–H groups in total. The van der Waals surface area contributed by atoms with Crippen LogP contribution in [0.4, 0.5) is 5.69 Å². The second kappa shape index (κ2) is 9.05. The summed E-state index contributed by atoms with van der Waals surface area (Å²) >= 11 is 0. The highest BCUT2D eigenvalue weighted by Crippen LogP contribution is 2.24. The number of nitrogens with zero attached hydrogens (tertiary/aromatic N) is 1. The molecule has 0 saturated carbocycles. The van der Waals surface area contributed by atoms with Crippen LogP contribution in [-0.2, 0) is 19.7 Å². The highest BCUT2D eigenvalue weighted by Gasteiger charge is 2.19. The Morgan fingerprint density at radius 1 is 1.11 bits per heavy atom. The van der Waals surface area contributed by atoms with E-state index in [0.29, 0.717) is 17.0 Å². The molecule has 0 aromatic heterocycles. The van der Waals surface area contributed by atoms with Crippen LogP contribution in [0.25, 0.3) is 0 Å². The van der Waals surface area contributed by atoms with Gasteiger partial charge in [-0.2, -0.15) is 5.26 Å². The number of hydrogen-bond donors (Lipinski definition) is 1. The van der Waals surface area contributed by atoms with Crippen molar-refractivity contribution < 1.29 is 19.1 Å². The third-order valence-corrected chi connectivity index (χ3v) is 4.06. The minimum atomic E-state index is -1.02. The van der Waals surface area contributed by atoms with Crippen LogP contribution in [0.5, 0.6) is 5.75 Å². The van der Waals surface area contributed by atoms with E-state index in [2.05, 4.69) is 26.1 Å². The Hall–Kier alpha value is -3.33. The number of ether oxygens (including phenoxy) is 2. The zero-order chi connectivity index (χ0) is 20.7. The van der Waals surface area contributed by atoms with E-state index in [1.165, 1.54) is 6.92 Å². The molecule has 0 heterocycles. The van der Waals surface area contributed by atoms with E-state index < -0.39 is 18.0 Å². The van der Waals surface area contributed by atoms with Gasteiger partial charge in [0.15, 0.2) is 12.7 Å². The molecule has 0 spiro atoms. The van der Waals surface area contributed by atoms with Crippen molar-refractivity contribution in [3.8, 4) is 11.8 Å². The highest BCUT2D eigenvalue weighted by molar-refractivity contribution is 5.96. The molecule has 0 bridgehead atoms. The van der Waals surface area contributed by atoms with Crippen molar-refractivity contribution in [2.24, 2.45) is 0 Å². The SMILES string of the molecule is C[C@@H](OC(=O)COc1ccc(C(C)(C)C)cc1)C(=O)Nc1ccccc1C#N. The lowest BCUT2D eigenvalue weighted by molar-refractivity contribution is -0.155. The third kappa shape index (κ3) is 5.85. The average molecular weight is 380 g/mol. The summed E-state index contributed by atoms with van der Waals surface area (Å²) in [6, 6.07) is 16.1. The molecule has 0 fully saturated rings. The summed E-state index contributed by atoms with van der Waals surface area (Å²) in [5.74, 6) is -0.633. The number of anilines is 1. The van der Waals surface area contributed by atoms with Crippen molar-refractivity contribution in [3.63, 3.8) is 0 Å². The van der Waals surface area contributed by atoms with Crippen LogP contribution in [0.2, 0.25) is 0 Å². The van der Waals surface area contributed by atoms with Crippen molar-refractivity contribution in [2.75, 3.05) is 11.9 Å². The summed E-state index contributed by atoms with van der Waals surface area (Å²) in [6.07, 6.45) is -1.02. The van der Waals surface area contributed by atoms with Crippen LogP contribution in [0.15, 0.2) is 48.5 Å². The Morgan fingerprint density at radius 2 is 1.75 bits per heavy atom. The van der Waals surface area contributed by atoms with Crippen molar-refractivity contribution >= 4 is 17.6 Å². The number of esters is 1. The van der Waals surface area contributed by atoms with E-state index in [0.717, 1.165) is 5.56 Å². The van der Waals surface area contributed by atoms with E-state index in [1.807, 2.05) is 18.2 Å². The molecule has 6 heteroatoms. The summed E-state index contributed by atoms with van der Waals surface area (Å²) < 4.78 is 10.5. The first-order valence-electron chi connectivity index (χ1n) is 8.93. The second-order valence-electron chi connectivity index (χ2n) is 7.34. The average Bonchev–Trinajstić information content (AvgIpc) is 2.66. The van der Waals surface area contributed by atoms with Gasteiger partial charge in [-0.25, -0.2) is 4.79 Å². The first-order chi connectivity index (χ1) is 13.2. The first kappa shape index (κ1) is 21.0. The molecule has 2 aromatic carbocycles. The maximum absolute atomic E-state index is 12.2. The van der Waals surface area contributed by atoms with Gasteiger partial charge in [0.05, 0.1) is 11.3 Å². The fourth-order valence-electron chi connectivity index (χ4n) is 2.40. The predicted molar refractivity (Wildman–Crippen MR) is 106 cm³/mol. The maximum atomic E-state index is 12.2. The molecule has 28 heavy (non-hydrogen) atoms. The fourth-order valence-corrected chi connectivity index (χ4v) is 2.40. The molecule has 6 nitrogen and oxygen atoms in total. The Balaban J connectivity index is 1.85. The van der Waals surface area contributed by atoms with Crippen LogP contribution in [0.1, 0.15) is 38.8 Å². The standard InChI is InChI=1S/C22H24N2O4/c1-15(21(26)24-19-8-6-5-7-16(19)13-23)28-20(25)14-27-18-11-9-17(10-12-18)22(2,3)4/h5-12,15H,14H2,1-4H3,(H,24,26)/t15-/m1/s1. The molecule has 0 aliphatic rings. The minimum absolute atomic E-state index is 0.0322. The van der Waals surface area contributed by atoms with Crippen LogP contribution < -0.4 is 10.1 Å². The summed E-state index contributed by atoms with van der Waals surface area (Å²) in [5, 5.41) is 11.6. The van der Waals surface area contributed by atoms with Gasteiger partial charge in [-0.1, -0.05) is 45.0 Å². The van der Waals surface area contributed by atoms with Gasteiger partial charge < -0.3 is 14.8 Å². The highest BCUT2D eigenvalue weighted by atomic mass is 16.6. The largest absolute Gasteiger partial charge is 0.482 e. The molecular formula is C22H24N2O4. The molecule has 2 aromatic rings. The van der Waals surface area contributed by atoms with Crippen LogP contribution in [0, 0.1) is 11.3 Å². The molecular weight excluding hydrogens is 356 g/mol. The maximum Gasteiger partial charge on any atom is 0.344 e. The topological polar surface area (TPSA) is 88.4 Å². The van der Waals surface area contributed by atoms with Crippen molar-refractivity contribution in [1.82, 2.24) is 0 Å². The molecule has 0 aliphatic heterocycles. The van der Waals surface area contributed by atoms with E-state index in [9.17, 15) is 9.59 Å². The lowest BCUT2D eigenvalue weighted by atomic mass is 9.87. The summed E-state index contributed by atoms with van der Waals surface area (Å²) in [4.78, 5) is 24.1. The number of carbonyl (C=O) groups excluding carboxylic acids is 2. The Labute approximate surface area is 165 Å². The quantitative estimate of drug-likeness (QED) is 0.770. The molecule has 0 radical (unpaired) electrons. The minimum Gasteiger partial charge on any atom is -0.482 e. The molecule has 2 rings (SSSR count). The van der Waals surface area contributed by atoms with Crippen molar-refractivity contribution in [2.45, 2.75) is 39.2 Å². The molecule has 0 aliphatic carbocycles. The monoisotopic (exact) mass is 380 g/mol. The first-order valence-corrected chi connectivity index (χ1v) is 8.93. The van der Waals surface area contributed by atoms with Gasteiger partial charge in [0.25, 0.3) is 5.91 Å². The Bertz CT molecular complexity index is 877. The van der Waals surface area contributed by atoms with Crippen molar-refractivity contribution in [3.05, 3.63) is 59.7 Å². The van der Waals surface area contributed by atoms with E-state index in [-0.39, 0.29) is 12.0 Å². The Kier molecular flexibility index (Phi) is 6.78. The lowest BCUT2D eigenvalue weighted by Gasteiger charge is -2.19. The van der Waals surface area contributed by atoms with Crippen molar-refractivity contribution in [1.29, 1.82) is 5.26 Å². The third-order valence-electron chi connectivity index (χ3n) is 4.06. The number of benzene rings is 2. The van der Waals surface area contributed by atoms with E-state index in [1.54, 1.807) is 36.4 Å². The molecule has 146 valence electrons. The number of amides is 1. The van der Waals surface area contributed by atoms with Gasteiger partial charge in [0.2, 0.25) is 0 Å². The van der Waals surface area contributed by atoms with Crippen LogP contribution >= 0.6 is 0 Å². The zero-order valence-electron chi connectivity index (χ0n) is 16.5. The van der Waals surface area contributed by atoms with Gasteiger partial charge in [0.1, 0.15) is 11.8 Å². The zero-order valence-corrected chi connectivity index (χ0v) is 16.5. The van der Waals surface area contributed by atoms with Gasteiger partial charge in [-0.3, -0.25) is 4.79 Å². The van der Waals surface area contributed by atoms with Gasteiger partial charge in [0, 0.05) is 0 Å². The second-order valence-corrected chi connectivity index (χ2v) is 7.34. The predicted octanol–water partition coefficient (Wildman–Crippen LogP) is 3.80. The van der Waals surface area contributed by atoms with Crippen LogP contribution in [-0.4, -0.2) is 24.6 Å². The molecule has 1 amide bonds. The number of hydrogen-bond acceptors (Lipinski definition) is 5. The lowest BCUT2D eigenvalue weighted by Crippen LogP contribution is -2.31. The van der Waals surface area contributed by atoms with Gasteiger partial charge >= 0.3 is 5.97 Å². The number of rotatable bonds is 6. The summed E-state index contributed by atoms with van der Waals surface area (Å²) in [6.45, 7) is 7.49.